The molecule has 0 fully saturated rings. The van der Waals surface area contributed by atoms with Crippen molar-refractivity contribution in [1.82, 2.24) is 0 Å². The normalized spacial score (nSPS) is 11.4. The van der Waals surface area contributed by atoms with Gasteiger partial charge in [-0.25, -0.2) is 9.79 Å². The molecule has 40 heavy (non-hydrogen) atoms. The maximum Gasteiger partial charge on any atom is 0.673 e. The molecule has 0 saturated carbocycles. The quantitative estimate of drug-likeness (QED) is 0.0741. The van der Waals surface area contributed by atoms with Gasteiger partial charge < -0.3 is 26.4 Å². The first kappa shape index (κ1) is 27.8. The van der Waals surface area contributed by atoms with Crippen LogP contribution in [0.2, 0.25) is 0 Å². The lowest BCUT2D eigenvalue weighted by atomic mass is 10.1. The van der Waals surface area contributed by atoms with Gasteiger partial charge in [-0.05, 0) is 36.4 Å². The molecule has 0 aliphatic carbocycles. The zero-order valence-electron chi connectivity index (χ0n) is 20.5. The average molecular weight is 550 g/mol. The highest BCUT2D eigenvalue weighted by atomic mass is 19.5. The Balaban J connectivity index is 0.000000681. The van der Waals surface area contributed by atoms with E-state index in [1.54, 1.807) is 24.3 Å². The van der Waals surface area contributed by atoms with E-state index in [4.69, 9.17) is 9.15 Å². The predicted molar refractivity (Wildman–Crippen MR) is 140 cm³/mol. The summed E-state index contributed by atoms with van der Waals surface area (Å²) in [6, 6.07) is 31.8. The maximum absolute atomic E-state index is 12.4. The van der Waals surface area contributed by atoms with E-state index >= 15 is 0 Å². The van der Waals surface area contributed by atoms with Crippen molar-refractivity contribution in [3.05, 3.63) is 130 Å². The number of non-ortho nitro benzene ring substituents is 1. The van der Waals surface area contributed by atoms with Gasteiger partial charge in [0.25, 0.3) is 5.69 Å². The van der Waals surface area contributed by atoms with Gasteiger partial charge in [0.05, 0.1) is 21.9 Å². The number of rotatable bonds is 5. The van der Waals surface area contributed by atoms with Crippen molar-refractivity contribution in [2.24, 2.45) is 0 Å². The third-order valence-electron chi connectivity index (χ3n) is 5.39. The molecule has 0 radical (unpaired) electrons. The number of hydrogen-bond donors (Lipinski definition) is 1. The van der Waals surface area contributed by atoms with Crippen LogP contribution in [0.15, 0.2) is 114 Å². The summed E-state index contributed by atoms with van der Waals surface area (Å²) in [5, 5.41) is 12.6. The second-order valence-corrected chi connectivity index (χ2v) is 8.22. The number of esters is 1. The highest BCUT2D eigenvalue weighted by molar-refractivity contribution is 6.50. The molecular weight excluding hydrogens is 531 g/mol. The van der Waals surface area contributed by atoms with Gasteiger partial charge in [0.15, 0.2) is 0 Å². The smallest absolute Gasteiger partial charge is 0.456 e. The molecule has 0 spiro atoms. The molecular formula is C28H19BF4N2O5. The van der Waals surface area contributed by atoms with Crippen molar-refractivity contribution in [3.8, 4) is 17.1 Å². The third-order valence-corrected chi connectivity index (χ3v) is 5.39. The van der Waals surface area contributed by atoms with E-state index in [0.717, 1.165) is 33.3 Å². The van der Waals surface area contributed by atoms with Gasteiger partial charge in [-0.3, -0.25) is 10.1 Å². The zero-order chi connectivity index (χ0) is 28.7. The van der Waals surface area contributed by atoms with E-state index in [2.05, 4.69) is 4.99 Å². The van der Waals surface area contributed by atoms with Gasteiger partial charge in [0, 0.05) is 29.8 Å². The highest BCUT2D eigenvalue weighted by Gasteiger charge is 2.20. The number of nitrogens with one attached hydrogen (secondary N) is 1. The Kier molecular flexibility index (Phi) is 8.38. The summed E-state index contributed by atoms with van der Waals surface area (Å²) < 4.78 is 50.5. The first-order valence-electron chi connectivity index (χ1n) is 11.7. The molecule has 0 bridgehead atoms. The number of nitrogens with zero attached hydrogens (tertiary/aromatic N) is 1. The second-order valence-electron chi connectivity index (χ2n) is 8.22. The number of para-hydroxylation sites is 1. The van der Waals surface area contributed by atoms with Gasteiger partial charge in [-0.1, -0.05) is 42.5 Å². The molecule has 7 nitrogen and oxygen atoms in total. The summed E-state index contributed by atoms with van der Waals surface area (Å²) in [6.45, 7) is 0. The molecule has 202 valence electrons. The van der Waals surface area contributed by atoms with E-state index in [-0.39, 0.29) is 11.3 Å². The Hall–Kier alpha value is -5.26. The molecule has 4 aromatic carbocycles. The monoisotopic (exact) mass is 550 g/mol. The van der Waals surface area contributed by atoms with Crippen LogP contribution in [0.1, 0.15) is 10.4 Å². The largest absolute Gasteiger partial charge is 0.673 e. The van der Waals surface area contributed by atoms with Gasteiger partial charge in [0.2, 0.25) is 11.0 Å². The molecule has 1 heterocycles. The highest BCUT2D eigenvalue weighted by Crippen LogP contribution is 2.21. The van der Waals surface area contributed by atoms with Gasteiger partial charge in [0.1, 0.15) is 17.1 Å². The molecule has 1 aromatic heterocycles. The molecule has 0 aliphatic rings. The van der Waals surface area contributed by atoms with Gasteiger partial charge >= 0.3 is 13.2 Å². The first-order valence-corrected chi connectivity index (χ1v) is 11.7. The standard InChI is InChI=1S/C28H18N2O5.BF4/c31-28(20-10-14-22(15-11-20)30(32)33)34-23-16-12-21(13-17-23)29-25-18-27(19-6-2-1-3-7-19)35-26-9-5-4-8-24(25)26;2-1(3,4)5/h1-18H;/q;-1/p+1. The minimum absolute atomic E-state index is 0.0892. The zero-order valence-corrected chi connectivity index (χ0v) is 20.5. The van der Waals surface area contributed by atoms with Crippen LogP contribution in [0.5, 0.6) is 5.75 Å². The van der Waals surface area contributed by atoms with Gasteiger partial charge in [-0.15, -0.1) is 0 Å². The lowest BCUT2D eigenvalue weighted by Crippen LogP contribution is -2.70. The summed E-state index contributed by atoms with van der Waals surface area (Å²) >= 11 is 0. The fraction of sp³-hybridized carbons (Fsp3) is 0. The van der Waals surface area contributed by atoms with Crippen LogP contribution in [-0.4, -0.2) is 18.1 Å². The summed E-state index contributed by atoms with van der Waals surface area (Å²) in [6.07, 6.45) is 0. The van der Waals surface area contributed by atoms with E-state index in [0.29, 0.717) is 5.75 Å². The Morgan fingerprint density at radius 3 is 2.05 bits per heavy atom. The number of halogens is 4. The van der Waals surface area contributed by atoms with Crippen molar-refractivity contribution < 1.29 is 41.1 Å². The molecule has 0 atom stereocenters. The Bertz CT molecular complexity index is 1700. The Morgan fingerprint density at radius 1 is 0.825 bits per heavy atom. The van der Waals surface area contributed by atoms with Crippen LogP contribution in [0, 0.1) is 10.1 Å². The number of ether oxygens (including phenoxy) is 1. The van der Waals surface area contributed by atoms with E-state index in [1.165, 1.54) is 24.3 Å². The van der Waals surface area contributed by atoms with Gasteiger partial charge in [-0.2, -0.15) is 0 Å². The number of carbonyl (C=O) groups excluding carboxylic acids is 1. The topological polar surface area (TPSA) is 96.6 Å². The molecule has 5 rings (SSSR count). The minimum atomic E-state index is -6.00. The molecule has 5 aromatic rings. The molecule has 0 saturated heterocycles. The van der Waals surface area contributed by atoms with Crippen molar-refractivity contribution in [3.63, 3.8) is 0 Å². The van der Waals surface area contributed by atoms with E-state index < -0.39 is 18.1 Å². The molecule has 0 amide bonds. The van der Waals surface area contributed by atoms with E-state index in [9.17, 15) is 32.2 Å². The van der Waals surface area contributed by atoms with Crippen LogP contribution < -0.4 is 15.1 Å². The summed E-state index contributed by atoms with van der Waals surface area (Å²) in [4.78, 5) is 26.1. The second kappa shape index (κ2) is 12.1. The molecule has 0 aliphatic heterocycles. The SMILES string of the molecule is F[B-](F)(F)F.O=C(Oc1ccc([NH+]=c2cc(-c3ccccc3)oc3ccccc23)cc1)c1ccc([N+](=O)[O-])cc1. The minimum Gasteiger partial charge on any atom is -0.456 e. The molecule has 12 heteroatoms. The molecule has 1 N–H and O–H groups in total. The van der Waals surface area contributed by atoms with E-state index in [1.807, 2.05) is 60.7 Å². The summed E-state index contributed by atoms with van der Waals surface area (Å²) in [5.74, 6) is 0.501. The van der Waals surface area contributed by atoms with Crippen LogP contribution >= 0.6 is 0 Å². The lowest BCUT2D eigenvalue weighted by molar-refractivity contribution is -0.400. The number of hydrogen-bond acceptors (Lipinski definition) is 5. The maximum atomic E-state index is 12.4. The predicted octanol–water partition coefficient (Wildman–Crippen LogP) is 5.84. The average Bonchev–Trinajstić information content (AvgIpc) is 2.93. The summed E-state index contributed by atoms with van der Waals surface area (Å²) in [5.41, 5.74) is 2.66. The Morgan fingerprint density at radius 2 is 1.43 bits per heavy atom. The fourth-order valence-corrected chi connectivity index (χ4v) is 3.63. The number of fused-ring (bicyclic) bond motifs is 1. The fourth-order valence-electron chi connectivity index (χ4n) is 3.63. The summed E-state index contributed by atoms with van der Waals surface area (Å²) in [7, 11) is -6.00. The molecule has 0 unspecified atom stereocenters. The van der Waals surface area contributed by atoms with Crippen molar-refractivity contribution in [1.29, 1.82) is 0 Å². The van der Waals surface area contributed by atoms with Crippen molar-refractivity contribution in [2.75, 3.05) is 0 Å². The van der Waals surface area contributed by atoms with Crippen LogP contribution in [-0.2, 0) is 0 Å². The number of benzene rings is 4. The Labute approximate surface area is 224 Å². The van der Waals surface area contributed by atoms with Crippen LogP contribution in [0.25, 0.3) is 22.3 Å². The number of nitro groups is 1. The third kappa shape index (κ3) is 7.63. The number of carbonyl (C=O) groups is 1. The van der Waals surface area contributed by atoms with Crippen LogP contribution in [0.3, 0.4) is 0 Å². The lowest BCUT2D eigenvalue weighted by Gasteiger charge is -2.04. The van der Waals surface area contributed by atoms with Crippen molar-refractivity contribution >= 4 is 35.6 Å². The van der Waals surface area contributed by atoms with Crippen molar-refractivity contribution in [2.45, 2.75) is 0 Å². The number of nitro benzene ring substituents is 1. The van der Waals surface area contributed by atoms with Crippen LogP contribution in [0.4, 0.5) is 28.6 Å². The first-order chi connectivity index (χ1) is 19.1.